The number of nitrogens with zero attached hydrogens (tertiary/aromatic N) is 2. The summed E-state index contributed by atoms with van der Waals surface area (Å²) < 4.78 is 0. The van der Waals surface area contributed by atoms with Gasteiger partial charge in [0.05, 0.1) is 6.04 Å². The maximum absolute atomic E-state index is 4.64. The van der Waals surface area contributed by atoms with Crippen LogP contribution in [0.3, 0.4) is 0 Å². The minimum absolute atomic E-state index is 0.194. The van der Waals surface area contributed by atoms with E-state index in [9.17, 15) is 0 Å². The molecule has 2 aliphatic rings. The van der Waals surface area contributed by atoms with Crippen LogP contribution in [0.5, 0.6) is 0 Å². The van der Waals surface area contributed by atoms with Crippen LogP contribution in [0.25, 0.3) is 0 Å². The van der Waals surface area contributed by atoms with Gasteiger partial charge in [0.2, 0.25) is 0 Å². The van der Waals surface area contributed by atoms with Crippen LogP contribution in [0.4, 0.5) is 0 Å². The molecule has 1 fully saturated rings. The van der Waals surface area contributed by atoms with Crippen LogP contribution in [0.1, 0.15) is 27.2 Å². The van der Waals surface area contributed by atoms with Gasteiger partial charge < -0.3 is 10.2 Å². The smallest absolute Gasteiger partial charge is 0.195 e. The number of nitrogens with one attached hydrogen (secondary N) is 1. The van der Waals surface area contributed by atoms with E-state index in [1.165, 1.54) is 6.42 Å². The highest BCUT2D eigenvalue weighted by atomic mass is 15.4. The Labute approximate surface area is 85.9 Å². The predicted molar refractivity (Wildman–Crippen MR) is 59.4 cm³/mol. The highest BCUT2D eigenvalue weighted by Gasteiger charge is 2.34. The summed E-state index contributed by atoms with van der Waals surface area (Å²) in [6.07, 6.45) is 1.18. The molecule has 1 unspecified atom stereocenters. The summed E-state index contributed by atoms with van der Waals surface area (Å²) in [6, 6.07) is 0.298. The SMILES string of the molecule is C=C(C)C1CN2CCC(C)(C)NC2=N1. The van der Waals surface area contributed by atoms with E-state index in [-0.39, 0.29) is 5.54 Å². The van der Waals surface area contributed by atoms with E-state index in [4.69, 9.17) is 0 Å². The van der Waals surface area contributed by atoms with E-state index in [1.54, 1.807) is 0 Å². The first-order chi connectivity index (χ1) is 6.48. The molecule has 14 heavy (non-hydrogen) atoms. The largest absolute Gasteiger partial charge is 0.351 e. The summed E-state index contributed by atoms with van der Waals surface area (Å²) in [5.74, 6) is 1.06. The summed E-state index contributed by atoms with van der Waals surface area (Å²) in [4.78, 5) is 6.96. The number of fused-ring (bicyclic) bond motifs is 1. The van der Waals surface area contributed by atoms with Gasteiger partial charge in [0.15, 0.2) is 5.96 Å². The third kappa shape index (κ3) is 1.63. The molecule has 2 aliphatic heterocycles. The second-order valence-electron chi connectivity index (χ2n) is 5.02. The minimum atomic E-state index is 0.194. The number of rotatable bonds is 1. The van der Waals surface area contributed by atoms with Gasteiger partial charge in [-0.25, -0.2) is 4.99 Å². The second kappa shape index (κ2) is 3.01. The zero-order chi connectivity index (χ0) is 10.3. The molecule has 0 amide bonds. The van der Waals surface area contributed by atoms with E-state index in [2.05, 4.69) is 42.6 Å². The van der Waals surface area contributed by atoms with E-state index in [0.29, 0.717) is 6.04 Å². The molecule has 1 atom stereocenters. The van der Waals surface area contributed by atoms with Gasteiger partial charge in [-0.15, -0.1) is 0 Å². The van der Waals surface area contributed by atoms with Crippen LogP contribution in [-0.2, 0) is 0 Å². The molecule has 2 rings (SSSR count). The molecule has 0 radical (unpaired) electrons. The average molecular weight is 193 g/mol. The van der Waals surface area contributed by atoms with Crippen LogP contribution in [0.2, 0.25) is 0 Å². The van der Waals surface area contributed by atoms with Crippen molar-refractivity contribution in [1.82, 2.24) is 10.2 Å². The van der Waals surface area contributed by atoms with Gasteiger partial charge in [0.25, 0.3) is 0 Å². The van der Waals surface area contributed by atoms with Crippen molar-refractivity contribution in [3.05, 3.63) is 12.2 Å². The lowest BCUT2D eigenvalue weighted by Gasteiger charge is -2.38. The lowest BCUT2D eigenvalue weighted by molar-refractivity contribution is 0.288. The Morgan fingerprint density at radius 2 is 2.36 bits per heavy atom. The van der Waals surface area contributed by atoms with Crippen molar-refractivity contribution in [2.24, 2.45) is 4.99 Å². The van der Waals surface area contributed by atoms with Gasteiger partial charge in [-0.1, -0.05) is 12.2 Å². The van der Waals surface area contributed by atoms with Crippen molar-refractivity contribution in [3.63, 3.8) is 0 Å². The average Bonchev–Trinajstić information content (AvgIpc) is 2.45. The highest BCUT2D eigenvalue weighted by molar-refractivity contribution is 5.83. The van der Waals surface area contributed by atoms with Crippen LogP contribution in [-0.4, -0.2) is 35.5 Å². The number of guanidine groups is 1. The monoisotopic (exact) mass is 193 g/mol. The molecule has 0 aromatic heterocycles. The van der Waals surface area contributed by atoms with E-state index in [0.717, 1.165) is 24.6 Å². The summed E-state index contributed by atoms with van der Waals surface area (Å²) >= 11 is 0. The minimum Gasteiger partial charge on any atom is -0.351 e. The number of aliphatic imine (C=N–C) groups is 1. The van der Waals surface area contributed by atoms with Crippen molar-refractivity contribution in [2.75, 3.05) is 13.1 Å². The van der Waals surface area contributed by atoms with Gasteiger partial charge in [-0.3, -0.25) is 0 Å². The van der Waals surface area contributed by atoms with Crippen LogP contribution >= 0.6 is 0 Å². The summed E-state index contributed by atoms with van der Waals surface area (Å²) in [5, 5.41) is 3.47. The molecule has 78 valence electrons. The third-order valence-electron chi connectivity index (χ3n) is 3.00. The molecule has 1 N–H and O–H groups in total. The Hall–Kier alpha value is -0.990. The molecule has 0 aromatic carbocycles. The lowest BCUT2D eigenvalue weighted by atomic mass is 9.98. The first-order valence-corrected chi connectivity index (χ1v) is 5.24. The lowest BCUT2D eigenvalue weighted by Crippen LogP contribution is -2.56. The summed E-state index contributed by atoms with van der Waals surface area (Å²) in [7, 11) is 0. The van der Waals surface area contributed by atoms with Crippen molar-refractivity contribution >= 4 is 5.96 Å². The predicted octanol–water partition coefficient (Wildman–Crippen LogP) is 1.37. The highest BCUT2D eigenvalue weighted by Crippen LogP contribution is 2.22. The van der Waals surface area contributed by atoms with Gasteiger partial charge in [0, 0.05) is 18.6 Å². The second-order valence-corrected chi connectivity index (χ2v) is 5.02. The molecular formula is C11H19N3. The standard InChI is InChI=1S/C11H19N3/c1-8(2)9-7-14-6-5-11(3,4)13-10(14)12-9/h9H,1,5-7H2,2-4H3,(H,12,13). The molecule has 0 saturated carbocycles. The van der Waals surface area contributed by atoms with Crippen molar-refractivity contribution in [2.45, 2.75) is 38.8 Å². The quantitative estimate of drug-likeness (QED) is 0.637. The molecule has 0 aromatic rings. The van der Waals surface area contributed by atoms with Gasteiger partial charge in [-0.05, 0) is 27.2 Å². The molecule has 1 saturated heterocycles. The first kappa shape index (κ1) is 9.56. The summed E-state index contributed by atoms with van der Waals surface area (Å²) in [5.41, 5.74) is 1.35. The topological polar surface area (TPSA) is 27.6 Å². The van der Waals surface area contributed by atoms with Gasteiger partial charge in [-0.2, -0.15) is 0 Å². The molecular weight excluding hydrogens is 174 g/mol. The Kier molecular flexibility index (Phi) is 2.05. The zero-order valence-electron chi connectivity index (χ0n) is 9.30. The Morgan fingerprint density at radius 1 is 1.64 bits per heavy atom. The van der Waals surface area contributed by atoms with Crippen molar-refractivity contribution in [3.8, 4) is 0 Å². The first-order valence-electron chi connectivity index (χ1n) is 5.24. The maximum Gasteiger partial charge on any atom is 0.195 e. The van der Waals surface area contributed by atoms with Crippen LogP contribution in [0, 0.1) is 0 Å². The van der Waals surface area contributed by atoms with E-state index in [1.807, 2.05) is 0 Å². The molecule has 3 heteroatoms. The number of hydrogen-bond donors (Lipinski definition) is 1. The fraction of sp³-hybridized carbons (Fsp3) is 0.727. The molecule has 0 spiro atoms. The van der Waals surface area contributed by atoms with E-state index < -0.39 is 0 Å². The Balaban J connectivity index is 2.13. The third-order valence-corrected chi connectivity index (χ3v) is 3.00. The molecule has 3 nitrogen and oxygen atoms in total. The maximum atomic E-state index is 4.64. The van der Waals surface area contributed by atoms with Crippen LogP contribution < -0.4 is 5.32 Å². The van der Waals surface area contributed by atoms with Gasteiger partial charge in [0.1, 0.15) is 0 Å². The normalized spacial score (nSPS) is 29.2. The van der Waals surface area contributed by atoms with Crippen molar-refractivity contribution < 1.29 is 0 Å². The fourth-order valence-corrected chi connectivity index (χ4v) is 1.92. The van der Waals surface area contributed by atoms with Gasteiger partial charge >= 0.3 is 0 Å². The molecule has 0 aliphatic carbocycles. The molecule has 2 heterocycles. The Bertz CT molecular complexity index is 291. The Morgan fingerprint density at radius 3 is 3.00 bits per heavy atom. The van der Waals surface area contributed by atoms with E-state index >= 15 is 0 Å². The van der Waals surface area contributed by atoms with Crippen molar-refractivity contribution in [1.29, 1.82) is 0 Å². The summed E-state index contributed by atoms with van der Waals surface area (Å²) in [6.45, 7) is 12.6. The molecule has 0 bridgehead atoms. The number of hydrogen-bond acceptors (Lipinski definition) is 3. The zero-order valence-corrected chi connectivity index (χ0v) is 9.30. The van der Waals surface area contributed by atoms with Crippen LogP contribution in [0.15, 0.2) is 17.1 Å². The fourth-order valence-electron chi connectivity index (χ4n) is 1.92.